The van der Waals surface area contributed by atoms with Crippen LogP contribution in [0, 0.1) is 0 Å². The van der Waals surface area contributed by atoms with Crippen molar-refractivity contribution in [2.24, 2.45) is 7.05 Å². The number of anilines is 1. The summed E-state index contributed by atoms with van der Waals surface area (Å²) in [6.07, 6.45) is 1.77. The number of nitrogens with zero attached hydrogens (tertiary/aromatic N) is 3. The van der Waals surface area contributed by atoms with Gasteiger partial charge in [0.25, 0.3) is 5.91 Å². The van der Waals surface area contributed by atoms with Crippen molar-refractivity contribution in [2.75, 3.05) is 5.32 Å². The standard InChI is InChI=1S/C16H14N4O/c1-20-11-10-15(19-20)18-16(21)14-9-5-8-13(17-14)12-6-3-2-4-7-12/h2-11H,1H3,(H,18,19,21). The number of hydrogen-bond acceptors (Lipinski definition) is 3. The minimum Gasteiger partial charge on any atom is -0.304 e. The summed E-state index contributed by atoms with van der Waals surface area (Å²) < 4.78 is 1.63. The van der Waals surface area contributed by atoms with Gasteiger partial charge in [0.05, 0.1) is 5.69 Å². The fourth-order valence-corrected chi connectivity index (χ4v) is 1.99. The second kappa shape index (κ2) is 5.58. The molecule has 2 aromatic heterocycles. The van der Waals surface area contributed by atoms with Gasteiger partial charge in [0.2, 0.25) is 0 Å². The smallest absolute Gasteiger partial charge is 0.275 e. The molecule has 1 N–H and O–H groups in total. The van der Waals surface area contributed by atoms with Crippen molar-refractivity contribution < 1.29 is 4.79 Å². The molecule has 1 amide bonds. The minimum absolute atomic E-state index is 0.272. The van der Waals surface area contributed by atoms with Gasteiger partial charge in [-0.05, 0) is 12.1 Å². The first-order valence-corrected chi connectivity index (χ1v) is 6.56. The van der Waals surface area contributed by atoms with Gasteiger partial charge < -0.3 is 5.32 Å². The van der Waals surface area contributed by atoms with E-state index in [2.05, 4.69) is 15.4 Å². The van der Waals surface area contributed by atoms with Crippen LogP contribution in [0.1, 0.15) is 10.5 Å². The van der Waals surface area contributed by atoms with Crippen molar-refractivity contribution in [3.63, 3.8) is 0 Å². The van der Waals surface area contributed by atoms with Crippen LogP contribution in [0.2, 0.25) is 0 Å². The molecule has 21 heavy (non-hydrogen) atoms. The molecule has 2 heterocycles. The van der Waals surface area contributed by atoms with Crippen molar-refractivity contribution >= 4 is 11.7 Å². The number of nitrogens with one attached hydrogen (secondary N) is 1. The number of amides is 1. The third-order valence-corrected chi connectivity index (χ3v) is 3.01. The summed E-state index contributed by atoms with van der Waals surface area (Å²) in [6.45, 7) is 0. The number of pyridine rings is 1. The van der Waals surface area contributed by atoms with Crippen LogP contribution in [0.4, 0.5) is 5.82 Å². The van der Waals surface area contributed by atoms with Crippen molar-refractivity contribution in [1.82, 2.24) is 14.8 Å². The van der Waals surface area contributed by atoms with Gasteiger partial charge in [-0.1, -0.05) is 36.4 Å². The molecule has 0 aliphatic carbocycles. The van der Waals surface area contributed by atoms with Crippen molar-refractivity contribution in [2.45, 2.75) is 0 Å². The first-order valence-electron chi connectivity index (χ1n) is 6.56. The second-order valence-electron chi connectivity index (χ2n) is 4.60. The Morgan fingerprint density at radius 2 is 1.86 bits per heavy atom. The maximum atomic E-state index is 12.2. The Morgan fingerprint density at radius 1 is 1.05 bits per heavy atom. The molecule has 5 heteroatoms. The molecule has 0 radical (unpaired) electrons. The summed E-state index contributed by atoms with van der Waals surface area (Å²) in [4.78, 5) is 16.6. The van der Waals surface area contributed by atoms with Crippen LogP contribution in [0.25, 0.3) is 11.3 Å². The van der Waals surface area contributed by atoms with Gasteiger partial charge in [0.1, 0.15) is 5.69 Å². The van der Waals surface area contributed by atoms with E-state index < -0.39 is 0 Å². The molecular formula is C16H14N4O. The maximum Gasteiger partial charge on any atom is 0.275 e. The molecule has 0 aliphatic heterocycles. The lowest BCUT2D eigenvalue weighted by Gasteiger charge is -2.04. The third kappa shape index (κ3) is 2.97. The van der Waals surface area contributed by atoms with Gasteiger partial charge in [0, 0.05) is 24.9 Å². The molecule has 0 bridgehead atoms. The summed E-state index contributed by atoms with van der Waals surface area (Å²) in [5.74, 6) is 0.237. The number of aromatic nitrogens is 3. The summed E-state index contributed by atoms with van der Waals surface area (Å²) in [5.41, 5.74) is 2.11. The lowest BCUT2D eigenvalue weighted by molar-refractivity contribution is 0.102. The Balaban J connectivity index is 1.84. The maximum absolute atomic E-state index is 12.2. The number of rotatable bonds is 3. The molecular weight excluding hydrogens is 264 g/mol. The van der Waals surface area contributed by atoms with E-state index in [1.165, 1.54) is 0 Å². The topological polar surface area (TPSA) is 59.8 Å². The highest BCUT2D eigenvalue weighted by Crippen LogP contribution is 2.16. The molecule has 0 fully saturated rings. The molecule has 104 valence electrons. The minimum atomic E-state index is -0.272. The van der Waals surface area contributed by atoms with Gasteiger partial charge >= 0.3 is 0 Å². The molecule has 0 saturated carbocycles. The zero-order valence-electron chi connectivity index (χ0n) is 11.5. The van der Waals surface area contributed by atoms with Crippen LogP contribution >= 0.6 is 0 Å². The molecule has 3 aromatic rings. The van der Waals surface area contributed by atoms with Gasteiger partial charge in [-0.25, -0.2) is 4.98 Å². The van der Waals surface area contributed by atoms with E-state index in [0.29, 0.717) is 11.5 Å². The van der Waals surface area contributed by atoms with E-state index in [9.17, 15) is 4.79 Å². The van der Waals surface area contributed by atoms with Gasteiger partial charge in [0.15, 0.2) is 5.82 Å². The quantitative estimate of drug-likeness (QED) is 0.801. The van der Waals surface area contributed by atoms with E-state index >= 15 is 0 Å². The van der Waals surface area contributed by atoms with Gasteiger partial charge in [-0.15, -0.1) is 0 Å². The number of benzene rings is 1. The number of carbonyl (C=O) groups excluding carboxylic acids is 1. The first-order chi connectivity index (χ1) is 10.2. The highest BCUT2D eigenvalue weighted by Gasteiger charge is 2.10. The average Bonchev–Trinajstić information content (AvgIpc) is 2.93. The Morgan fingerprint density at radius 3 is 2.57 bits per heavy atom. The highest BCUT2D eigenvalue weighted by atomic mass is 16.1. The van der Waals surface area contributed by atoms with Crippen LogP contribution in [0.5, 0.6) is 0 Å². The number of hydrogen-bond donors (Lipinski definition) is 1. The Hall–Kier alpha value is -2.95. The molecule has 0 aliphatic rings. The molecule has 0 spiro atoms. The van der Waals surface area contributed by atoms with E-state index in [1.54, 1.807) is 30.1 Å². The van der Waals surface area contributed by atoms with Gasteiger partial charge in [-0.2, -0.15) is 5.10 Å². The molecule has 0 atom stereocenters. The monoisotopic (exact) mass is 278 g/mol. The van der Waals surface area contributed by atoms with Crippen LogP contribution < -0.4 is 5.32 Å². The van der Waals surface area contributed by atoms with E-state index in [1.807, 2.05) is 42.5 Å². The van der Waals surface area contributed by atoms with Crippen LogP contribution in [-0.2, 0) is 7.05 Å². The zero-order valence-corrected chi connectivity index (χ0v) is 11.5. The normalized spacial score (nSPS) is 10.3. The lowest BCUT2D eigenvalue weighted by Crippen LogP contribution is -2.14. The SMILES string of the molecule is Cn1ccc(NC(=O)c2cccc(-c3ccccc3)n2)n1. The second-order valence-corrected chi connectivity index (χ2v) is 4.60. The average molecular weight is 278 g/mol. The number of carbonyl (C=O) groups is 1. The fourth-order valence-electron chi connectivity index (χ4n) is 1.99. The largest absolute Gasteiger partial charge is 0.304 e. The first kappa shape index (κ1) is 13.1. The highest BCUT2D eigenvalue weighted by molar-refractivity contribution is 6.02. The van der Waals surface area contributed by atoms with Crippen LogP contribution in [0.3, 0.4) is 0 Å². The van der Waals surface area contributed by atoms with Crippen molar-refractivity contribution in [3.8, 4) is 11.3 Å². The zero-order chi connectivity index (χ0) is 14.7. The summed E-state index contributed by atoms with van der Waals surface area (Å²) >= 11 is 0. The third-order valence-electron chi connectivity index (χ3n) is 3.01. The Bertz CT molecular complexity index is 765. The summed E-state index contributed by atoms with van der Waals surface area (Å²) in [5, 5.41) is 6.84. The van der Waals surface area contributed by atoms with E-state index in [4.69, 9.17) is 0 Å². The van der Waals surface area contributed by atoms with E-state index in [-0.39, 0.29) is 5.91 Å². The van der Waals surface area contributed by atoms with Crippen LogP contribution in [-0.4, -0.2) is 20.7 Å². The lowest BCUT2D eigenvalue weighted by atomic mass is 10.1. The molecule has 1 aromatic carbocycles. The Kier molecular flexibility index (Phi) is 3.47. The predicted molar refractivity (Wildman–Crippen MR) is 80.8 cm³/mol. The van der Waals surface area contributed by atoms with Crippen molar-refractivity contribution in [1.29, 1.82) is 0 Å². The fraction of sp³-hybridized carbons (Fsp3) is 0.0625. The summed E-state index contributed by atoms with van der Waals surface area (Å²) in [6, 6.07) is 16.9. The summed E-state index contributed by atoms with van der Waals surface area (Å²) in [7, 11) is 1.80. The molecule has 0 saturated heterocycles. The number of aryl methyl sites for hydroxylation is 1. The predicted octanol–water partition coefficient (Wildman–Crippen LogP) is 2.73. The van der Waals surface area contributed by atoms with E-state index in [0.717, 1.165) is 11.3 Å². The molecule has 0 unspecified atom stereocenters. The molecule has 5 nitrogen and oxygen atoms in total. The molecule has 3 rings (SSSR count). The van der Waals surface area contributed by atoms with Crippen LogP contribution in [0.15, 0.2) is 60.8 Å². The van der Waals surface area contributed by atoms with Crippen molar-refractivity contribution in [3.05, 3.63) is 66.5 Å². The Labute approximate surface area is 122 Å². The van der Waals surface area contributed by atoms with Gasteiger partial charge in [-0.3, -0.25) is 9.48 Å².